The number of likely N-dealkylation sites (N-methyl/N-ethyl adjacent to an activating group) is 1. The van der Waals surface area contributed by atoms with E-state index in [2.05, 4.69) is 23.3 Å². The van der Waals surface area contributed by atoms with Crippen LogP contribution in [0, 0.1) is 0 Å². The van der Waals surface area contributed by atoms with Crippen molar-refractivity contribution in [2.75, 3.05) is 19.7 Å². The maximum Gasteiger partial charge on any atom is 0.146 e. The number of thiophene rings is 1. The lowest BCUT2D eigenvalue weighted by Crippen LogP contribution is -2.24. The summed E-state index contributed by atoms with van der Waals surface area (Å²) in [5.41, 5.74) is 0. The third kappa shape index (κ3) is 1.83. The second kappa shape index (κ2) is 4.40. The zero-order valence-electron chi connectivity index (χ0n) is 8.22. The van der Waals surface area contributed by atoms with Gasteiger partial charge in [-0.1, -0.05) is 13.0 Å². The van der Waals surface area contributed by atoms with Crippen molar-refractivity contribution in [3.63, 3.8) is 0 Å². The Hall–Kier alpha value is -0.420. The number of aliphatic hydroxyl groups excluding tert-OH is 1. The molecule has 3 nitrogen and oxygen atoms in total. The molecule has 0 aliphatic carbocycles. The summed E-state index contributed by atoms with van der Waals surface area (Å²) in [6.45, 7) is 4.01. The van der Waals surface area contributed by atoms with Gasteiger partial charge in [-0.2, -0.15) is 0 Å². The normalized spacial score (nSPS) is 28.4. The van der Waals surface area contributed by atoms with Crippen LogP contribution in [0.5, 0.6) is 0 Å². The molecule has 0 amide bonds. The van der Waals surface area contributed by atoms with Crippen molar-refractivity contribution < 1.29 is 9.84 Å². The summed E-state index contributed by atoms with van der Waals surface area (Å²) in [5, 5.41) is 11.1. The zero-order chi connectivity index (χ0) is 9.97. The summed E-state index contributed by atoms with van der Waals surface area (Å²) in [5.74, 6) is 0. The number of rotatable bonds is 3. The van der Waals surface area contributed by atoms with Gasteiger partial charge in [0.1, 0.15) is 6.23 Å². The fraction of sp³-hybridized carbons (Fsp3) is 0.600. The first-order chi connectivity index (χ1) is 6.85. The SMILES string of the molecule is CCN1CC(CO)OC1c1cccs1. The molecule has 2 heterocycles. The van der Waals surface area contributed by atoms with Crippen molar-refractivity contribution in [2.24, 2.45) is 0 Å². The number of ether oxygens (including phenoxy) is 1. The van der Waals surface area contributed by atoms with E-state index in [1.165, 1.54) is 4.88 Å². The molecular formula is C10H15NO2S. The van der Waals surface area contributed by atoms with Crippen LogP contribution in [0.3, 0.4) is 0 Å². The Kier molecular flexibility index (Phi) is 3.18. The topological polar surface area (TPSA) is 32.7 Å². The van der Waals surface area contributed by atoms with E-state index in [0.717, 1.165) is 13.1 Å². The van der Waals surface area contributed by atoms with E-state index in [1.807, 2.05) is 6.07 Å². The predicted molar refractivity (Wildman–Crippen MR) is 56.3 cm³/mol. The van der Waals surface area contributed by atoms with Gasteiger partial charge in [-0.05, 0) is 18.0 Å². The summed E-state index contributed by atoms with van der Waals surface area (Å²) in [6.07, 6.45) is 0.0270. The van der Waals surface area contributed by atoms with Gasteiger partial charge in [0, 0.05) is 11.4 Å². The molecule has 1 saturated heterocycles. The van der Waals surface area contributed by atoms with Crippen LogP contribution in [0.25, 0.3) is 0 Å². The number of hydrogen-bond donors (Lipinski definition) is 1. The Labute approximate surface area is 87.9 Å². The molecule has 1 fully saturated rings. The van der Waals surface area contributed by atoms with Gasteiger partial charge in [-0.25, -0.2) is 0 Å². The van der Waals surface area contributed by atoms with Crippen LogP contribution in [0.2, 0.25) is 0 Å². The first-order valence-electron chi connectivity index (χ1n) is 4.89. The molecule has 2 rings (SSSR count). The molecule has 1 aliphatic rings. The molecule has 78 valence electrons. The minimum Gasteiger partial charge on any atom is -0.394 e. The molecule has 0 spiro atoms. The third-order valence-electron chi connectivity index (χ3n) is 2.49. The van der Waals surface area contributed by atoms with Crippen LogP contribution in [0.15, 0.2) is 17.5 Å². The quantitative estimate of drug-likeness (QED) is 0.825. The van der Waals surface area contributed by atoms with E-state index in [4.69, 9.17) is 9.84 Å². The van der Waals surface area contributed by atoms with Crippen molar-refractivity contribution in [3.8, 4) is 0 Å². The predicted octanol–water partition coefficient (Wildman–Crippen LogP) is 1.46. The van der Waals surface area contributed by atoms with Gasteiger partial charge in [0.05, 0.1) is 12.7 Å². The fourth-order valence-corrected chi connectivity index (χ4v) is 2.54. The Morgan fingerprint density at radius 1 is 1.71 bits per heavy atom. The highest BCUT2D eigenvalue weighted by atomic mass is 32.1. The molecule has 0 radical (unpaired) electrons. The average Bonchev–Trinajstić information content (AvgIpc) is 2.85. The second-order valence-corrected chi connectivity index (χ2v) is 4.38. The first kappa shape index (κ1) is 10.1. The molecule has 0 saturated carbocycles. The van der Waals surface area contributed by atoms with E-state index in [-0.39, 0.29) is 18.9 Å². The van der Waals surface area contributed by atoms with Crippen LogP contribution < -0.4 is 0 Å². The van der Waals surface area contributed by atoms with E-state index >= 15 is 0 Å². The van der Waals surface area contributed by atoms with Crippen molar-refractivity contribution in [1.29, 1.82) is 0 Å². The summed E-state index contributed by atoms with van der Waals surface area (Å²) in [7, 11) is 0. The highest BCUT2D eigenvalue weighted by molar-refractivity contribution is 7.10. The highest BCUT2D eigenvalue weighted by Gasteiger charge is 2.32. The van der Waals surface area contributed by atoms with E-state index < -0.39 is 0 Å². The van der Waals surface area contributed by atoms with Crippen LogP contribution in [-0.2, 0) is 4.74 Å². The monoisotopic (exact) mass is 213 g/mol. The van der Waals surface area contributed by atoms with Gasteiger partial charge in [0.15, 0.2) is 0 Å². The fourth-order valence-electron chi connectivity index (χ4n) is 1.74. The minimum atomic E-state index is -0.0259. The van der Waals surface area contributed by atoms with Crippen LogP contribution in [0.4, 0.5) is 0 Å². The lowest BCUT2D eigenvalue weighted by Gasteiger charge is -2.19. The first-order valence-corrected chi connectivity index (χ1v) is 5.77. The molecule has 1 aromatic rings. The lowest BCUT2D eigenvalue weighted by atomic mass is 10.3. The van der Waals surface area contributed by atoms with Gasteiger partial charge < -0.3 is 9.84 Å². The molecule has 14 heavy (non-hydrogen) atoms. The van der Waals surface area contributed by atoms with Gasteiger partial charge in [-0.3, -0.25) is 4.90 Å². The molecule has 1 aromatic heterocycles. The summed E-state index contributed by atoms with van der Waals surface area (Å²) < 4.78 is 5.74. The third-order valence-corrected chi connectivity index (χ3v) is 3.39. The van der Waals surface area contributed by atoms with Gasteiger partial charge in [0.25, 0.3) is 0 Å². The minimum absolute atomic E-state index is 0.0259. The second-order valence-electron chi connectivity index (χ2n) is 3.40. The van der Waals surface area contributed by atoms with Crippen LogP contribution >= 0.6 is 11.3 Å². The molecule has 0 bridgehead atoms. The Morgan fingerprint density at radius 3 is 3.14 bits per heavy atom. The Balaban J connectivity index is 2.11. The number of nitrogens with zero attached hydrogens (tertiary/aromatic N) is 1. The number of aliphatic hydroxyl groups is 1. The average molecular weight is 213 g/mol. The van der Waals surface area contributed by atoms with E-state index in [9.17, 15) is 0 Å². The summed E-state index contributed by atoms with van der Waals surface area (Å²) in [4.78, 5) is 3.47. The van der Waals surface area contributed by atoms with Crippen molar-refractivity contribution >= 4 is 11.3 Å². The molecule has 2 atom stereocenters. The number of hydrogen-bond acceptors (Lipinski definition) is 4. The van der Waals surface area contributed by atoms with E-state index in [0.29, 0.717) is 0 Å². The van der Waals surface area contributed by atoms with Gasteiger partial charge >= 0.3 is 0 Å². The van der Waals surface area contributed by atoms with Crippen molar-refractivity contribution in [1.82, 2.24) is 4.90 Å². The Morgan fingerprint density at radius 2 is 2.57 bits per heavy atom. The maximum atomic E-state index is 9.05. The Bertz CT molecular complexity index is 276. The summed E-state index contributed by atoms with van der Waals surface area (Å²) >= 11 is 1.70. The maximum absolute atomic E-state index is 9.05. The molecule has 2 unspecified atom stereocenters. The van der Waals surface area contributed by atoms with Gasteiger partial charge in [0.2, 0.25) is 0 Å². The molecule has 1 aliphatic heterocycles. The van der Waals surface area contributed by atoms with Gasteiger partial charge in [-0.15, -0.1) is 11.3 Å². The van der Waals surface area contributed by atoms with E-state index in [1.54, 1.807) is 11.3 Å². The molecule has 4 heteroatoms. The lowest BCUT2D eigenvalue weighted by molar-refractivity contribution is -0.0163. The zero-order valence-corrected chi connectivity index (χ0v) is 9.04. The largest absolute Gasteiger partial charge is 0.394 e. The molecule has 0 aromatic carbocycles. The van der Waals surface area contributed by atoms with Crippen molar-refractivity contribution in [3.05, 3.63) is 22.4 Å². The highest BCUT2D eigenvalue weighted by Crippen LogP contribution is 2.32. The summed E-state index contributed by atoms with van der Waals surface area (Å²) in [6, 6.07) is 4.11. The molecular weight excluding hydrogens is 198 g/mol. The molecule has 1 N–H and O–H groups in total. The standard InChI is InChI=1S/C10H15NO2S/c1-2-11-6-8(7-12)13-10(11)9-4-3-5-14-9/h3-5,8,10,12H,2,6-7H2,1H3. The van der Waals surface area contributed by atoms with Crippen LogP contribution in [-0.4, -0.2) is 35.8 Å². The van der Waals surface area contributed by atoms with Crippen molar-refractivity contribution in [2.45, 2.75) is 19.3 Å². The van der Waals surface area contributed by atoms with Crippen LogP contribution in [0.1, 0.15) is 18.0 Å². The smallest absolute Gasteiger partial charge is 0.146 e.